The van der Waals surface area contributed by atoms with Gasteiger partial charge in [0.05, 0.1) is 31.5 Å². The summed E-state index contributed by atoms with van der Waals surface area (Å²) in [7, 11) is 1.56. The maximum Gasteiger partial charge on any atom is 0.261 e. The van der Waals surface area contributed by atoms with Crippen molar-refractivity contribution in [3.8, 4) is 17.2 Å². The molecule has 0 saturated carbocycles. The number of hydrogen-bond donors (Lipinski definition) is 1. The number of methoxy groups -OCH3 is 1. The van der Waals surface area contributed by atoms with E-state index in [1.165, 1.54) is 11.3 Å². The number of amides is 1. The van der Waals surface area contributed by atoms with Crippen molar-refractivity contribution < 1.29 is 18.8 Å². The molecule has 0 radical (unpaired) electrons. The molecule has 4 rings (SSSR count). The van der Waals surface area contributed by atoms with Gasteiger partial charge < -0.3 is 19.3 Å². The molecule has 27 heavy (non-hydrogen) atoms. The van der Waals surface area contributed by atoms with Gasteiger partial charge in [-0.15, -0.1) is 11.3 Å². The molecule has 0 fully saturated rings. The first-order chi connectivity index (χ1) is 13.1. The Bertz CT molecular complexity index is 1010. The van der Waals surface area contributed by atoms with Gasteiger partial charge in [0.15, 0.2) is 5.82 Å². The van der Waals surface area contributed by atoms with E-state index in [1.54, 1.807) is 32.2 Å². The van der Waals surface area contributed by atoms with Gasteiger partial charge in [0.1, 0.15) is 10.8 Å². The molecule has 1 aromatic carbocycles. The van der Waals surface area contributed by atoms with Gasteiger partial charge in [0.25, 0.3) is 11.8 Å². The monoisotopic (exact) mass is 449 g/mol. The third kappa shape index (κ3) is 3.50. The lowest BCUT2D eigenvalue weighted by atomic mass is 10.1. The van der Waals surface area contributed by atoms with Crippen LogP contribution >= 0.6 is 27.3 Å². The molecule has 1 aliphatic heterocycles. The van der Waals surface area contributed by atoms with Crippen molar-refractivity contribution in [3.63, 3.8) is 0 Å². The van der Waals surface area contributed by atoms with E-state index in [9.17, 15) is 4.79 Å². The fourth-order valence-electron chi connectivity index (χ4n) is 2.92. The highest BCUT2D eigenvalue weighted by Crippen LogP contribution is 2.42. The molecular weight excluding hydrogens is 434 g/mol. The van der Waals surface area contributed by atoms with Crippen molar-refractivity contribution in [3.05, 3.63) is 44.5 Å². The summed E-state index contributed by atoms with van der Waals surface area (Å²) in [6.07, 6.45) is 0.737. The van der Waals surface area contributed by atoms with Gasteiger partial charge in [-0.05, 0) is 53.0 Å². The number of carbonyl (C=O) groups is 1. The summed E-state index contributed by atoms with van der Waals surface area (Å²) >= 11 is 4.90. The highest BCUT2D eigenvalue weighted by Gasteiger charge is 2.27. The Balaban J connectivity index is 1.74. The summed E-state index contributed by atoms with van der Waals surface area (Å²) in [6, 6.07) is 5.25. The van der Waals surface area contributed by atoms with Crippen molar-refractivity contribution in [2.24, 2.45) is 0 Å². The van der Waals surface area contributed by atoms with E-state index >= 15 is 0 Å². The zero-order valence-electron chi connectivity index (χ0n) is 14.7. The molecule has 0 bridgehead atoms. The third-order valence-corrected chi connectivity index (χ3v) is 6.02. The van der Waals surface area contributed by atoms with E-state index in [0.717, 1.165) is 22.4 Å². The normalized spacial score (nSPS) is 13.3. The number of aromatic nitrogens is 2. The molecule has 0 unspecified atom stereocenters. The predicted octanol–water partition coefficient (Wildman–Crippen LogP) is 4.20. The second-order valence-electron chi connectivity index (χ2n) is 5.96. The quantitative estimate of drug-likeness (QED) is 0.641. The average molecular weight is 450 g/mol. The number of halogens is 1. The summed E-state index contributed by atoms with van der Waals surface area (Å²) in [5.41, 5.74) is 2.35. The maximum atomic E-state index is 12.9. The Kier molecular flexibility index (Phi) is 4.98. The van der Waals surface area contributed by atoms with Crippen LogP contribution < -0.4 is 10.1 Å². The smallest absolute Gasteiger partial charge is 0.261 e. The zero-order chi connectivity index (χ0) is 19.0. The van der Waals surface area contributed by atoms with Crippen LogP contribution in [-0.4, -0.2) is 29.8 Å². The first-order valence-corrected chi connectivity index (χ1v) is 9.85. The molecule has 0 atom stereocenters. The Morgan fingerprint density at radius 3 is 3.00 bits per heavy atom. The van der Waals surface area contributed by atoms with E-state index in [-0.39, 0.29) is 5.91 Å². The van der Waals surface area contributed by atoms with Gasteiger partial charge in [-0.1, -0.05) is 5.16 Å². The van der Waals surface area contributed by atoms with Gasteiger partial charge in [-0.2, -0.15) is 4.98 Å². The van der Waals surface area contributed by atoms with E-state index < -0.39 is 0 Å². The van der Waals surface area contributed by atoms with Crippen molar-refractivity contribution in [2.45, 2.75) is 20.0 Å². The molecule has 0 saturated heterocycles. The highest BCUT2D eigenvalue weighted by molar-refractivity contribution is 9.10. The van der Waals surface area contributed by atoms with Crippen LogP contribution in [0.2, 0.25) is 0 Å². The third-order valence-electron chi connectivity index (χ3n) is 4.21. The Labute approximate surface area is 167 Å². The minimum Gasteiger partial charge on any atom is -0.497 e. The molecule has 9 heteroatoms. The summed E-state index contributed by atoms with van der Waals surface area (Å²) in [4.78, 5) is 18.3. The molecule has 3 heterocycles. The summed E-state index contributed by atoms with van der Waals surface area (Å²) in [5.74, 6) is 1.31. The van der Waals surface area contributed by atoms with Crippen molar-refractivity contribution >= 4 is 38.2 Å². The number of fused-ring (bicyclic) bond motifs is 1. The van der Waals surface area contributed by atoms with Crippen molar-refractivity contribution in [1.82, 2.24) is 10.1 Å². The maximum absolute atomic E-state index is 12.9. The number of hydrogen-bond acceptors (Lipinski definition) is 7. The summed E-state index contributed by atoms with van der Waals surface area (Å²) in [5, 5.41) is 7.56. The van der Waals surface area contributed by atoms with Crippen LogP contribution in [-0.2, 0) is 17.8 Å². The molecule has 1 N–H and O–H groups in total. The van der Waals surface area contributed by atoms with Crippen LogP contribution in [0.4, 0.5) is 5.00 Å². The van der Waals surface area contributed by atoms with Crippen LogP contribution in [0.15, 0.2) is 27.2 Å². The number of rotatable bonds is 4. The van der Waals surface area contributed by atoms with E-state index in [0.29, 0.717) is 45.7 Å². The van der Waals surface area contributed by atoms with Crippen LogP contribution in [0, 0.1) is 6.92 Å². The zero-order valence-corrected chi connectivity index (χ0v) is 17.1. The topological polar surface area (TPSA) is 86.5 Å². The molecule has 0 spiro atoms. The summed E-state index contributed by atoms with van der Waals surface area (Å²) < 4.78 is 16.8. The van der Waals surface area contributed by atoms with Gasteiger partial charge in [-0.3, -0.25) is 4.79 Å². The van der Waals surface area contributed by atoms with Crippen LogP contribution in [0.3, 0.4) is 0 Å². The Morgan fingerprint density at radius 1 is 1.41 bits per heavy atom. The molecular formula is C18H16BrN3O4S. The predicted molar refractivity (Wildman–Crippen MR) is 104 cm³/mol. The number of nitrogens with zero attached hydrogens (tertiary/aromatic N) is 2. The number of ether oxygens (including phenoxy) is 2. The Hall–Kier alpha value is -2.23. The highest BCUT2D eigenvalue weighted by atomic mass is 79.9. The number of anilines is 1. The van der Waals surface area contributed by atoms with E-state index in [1.807, 2.05) is 0 Å². The van der Waals surface area contributed by atoms with E-state index in [4.69, 9.17) is 14.0 Å². The minimum absolute atomic E-state index is 0.252. The minimum atomic E-state index is -0.252. The van der Waals surface area contributed by atoms with E-state index in [2.05, 4.69) is 31.4 Å². The van der Waals surface area contributed by atoms with Crippen LogP contribution in [0.5, 0.6) is 5.75 Å². The standard InChI is InChI=1S/C18H16BrN3O4S/c1-9-20-17(26-22-9)15-11-5-6-25-8-14(11)27-18(15)21-16(23)12-7-10(24-2)3-4-13(12)19/h3-4,7H,5-6,8H2,1-2H3,(H,21,23). The first kappa shape index (κ1) is 18.1. The lowest BCUT2D eigenvalue weighted by Crippen LogP contribution is -2.13. The second kappa shape index (κ2) is 7.41. The SMILES string of the molecule is COc1ccc(Br)c(C(=O)Nc2sc3c(c2-c2nc(C)no2)CCOC3)c1. The Morgan fingerprint density at radius 2 is 2.26 bits per heavy atom. The van der Waals surface area contributed by atoms with Gasteiger partial charge >= 0.3 is 0 Å². The van der Waals surface area contributed by atoms with Crippen molar-refractivity contribution in [1.29, 1.82) is 0 Å². The number of aryl methyl sites for hydroxylation is 1. The van der Waals surface area contributed by atoms with Crippen LogP contribution in [0.25, 0.3) is 11.5 Å². The molecule has 140 valence electrons. The summed E-state index contributed by atoms with van der Waals surface area (Å²) in [6.45, 7) is 2.90. The molecule has 3 aromatic rings. The number of nitrogens with one attached hydrogen (secondary N) is 1. The second-order valence-corrected chi connectivity index (χ2v) is 7.92. The lowest BCUT2D eigenvalue weighted by Gasteiger charge is -2.12. The fraction of sp³-hybridized carbons (Fsp3) is 0.278. The average Bonchev–Trinajstić information content (AvgIpc) is 3.24. The largest absolute Gasteiger partial charge is 0.497 e. The van der Waals surface area contributed by atoms with Crippen LogP contribution in [0.1, 0.15) is 26.6 Å². The molecule has 1 amide bonds. The van der Waals surface area contributed by atoms with Gasteiger partial charge in [0.2, 0.25) is 0 Å². The molecule has 1 aliphatic rings. The number of benzene rings is 1. The van der Waals surface area contributed by atoms with Crippen molar-refractivity contribution in [2.75, 3.05) is 19.0 Å². The molecule has 0 aliphatic carbocycles. The van der Waals surface area contributed by atoms with Gasteiger partial charge in [0, 0.05) is 9.35 Å². The fourth-order valence-corrected chi connectivity index (χ4v) is 4.52. The molecule has 7 nitrogen and oxygen atoms in total. The number of carbonyl (C=O) groups excluding carboxylic acids is 1. The first-order valence-electron chi connectivity index (χ1n) is 8.24. The van der Waals surface area contributed by atoms with Gasteiger partial charge in [-0.25, -0.2) is 0 Å². The number of thiophene rings is 1. The molecule has 2 aromatic heterocycles. The lowest BCUT2D eigenvalue weighted by molar-refractivity contribution is 0.102.